The van der Waals surface area contributed by atoms with Gasteiger partial charge in [0.05, 0.1) is 13.7 Å². The monoisotopic (exact) mass is 399 g/mol. The minimum atomic E-state index is -0.0984. The number of likely N-dealkylation sites (tertiary alicyclic amines) is 1. The third kappa shape index (κ3) is 5.73. The molecule has 1 aromatic carbocycles. The van der Waals surface area contributed by atoms with E-state index in [2.05, 4.69) is 41.0 Å². The lowest BCUT2D eigenvalue weighted by Gasteiger charge is -2.20. The number of methoxy groups -OCH3 is 1. The molecule has 3 N–H and O–H groups in total. The maximum absolute atomic E-state index is 6.13. The number of aromatic nitrogens is 2. The van der Waals surface area contributed by atoms with E-state index in [1.807, 2.05) is 18.2 Å². The molecule has 3 rings (SSSR count). The van der Waals surface area contributed by atoms with Crippen LogP contribution in [0, 0.1) is 0 Å². The molecule has 29 heavy (non-hydrogen) atoms. The first-order valence-electron chi connectivity index (χ1n) is 10.3. The van der Waals surface area contributed by atoms with E-state index in [0.717, 1.165) is 24.2 Å². The van der Waals surface area contributed by atoms with Crippen molar-refractivity contribution < 1.29 is 9.47 Å². The van der Waals surface area contributed by atoms with Crippen LogP contribution >= 0.6 is 0 Å². The molecule has 1 aliphatic rings. The van der Waals surface area contributed by atoms with Crippen molar-refractivity contribution in [2.24, 2.45) is 0 Å². The highest BCUT2D eigenvalue weighted by molar-refractivity contribution is 5.61. The smallest absolute Gasteiger partial charge is 0.229 e. The van der Waals surface area contributed by atoms with Crippen molar-refractivity contribution in [2.75, 3.05) is 44.4 Å². The number of ether oxygens (including phenoxy) is 2. The fourth-order valence-corrected chi connectivity index (χ4v) is 3.51. The molecule has 0 bridgehead atoms. The van der Waals surface area contributed by atoms with E-state index in [-0.39, 0.29) is 5.41 Å². The van der Waals surface area contributed by atoms with E-state index in [4.69, 9.17) is 15.2 Å². The summed E-state index contributed by atoms with van der Waals surface area (Å²) in [5, 5.41) is 3.20. The molecular weight excluding hydrogens is 366 g/mol. The molecule has 0 aliphatic carbocycles. The van der Waals surface area contributed by atoms with Crippen LogP contribution in [0.2, 0.25) is 0 Å². The Bertz CT molecular complexity index is 813. The van der Waals surface area contributed by atoms with Gasteiger partial charge in [0.1, 0.15) is 5.82 Å². The summed E-state index contributed by atoms with van der Waals surface area (Å²) in [7, 11) is 1.65. The third-order valence-electron chi connectivity index (χ3n) is 5.12. The molecule has 1 aromatic heterocycles. The molecule has 0 radical (unpaired) electrons. The van der Waals surface area contributed by atoms with E-state index in [0.29, 0.717) is 29.9 Å². The maximum atomic E-state index is 6.13. The van der Waals surface area contributed by atoms with Gasteiger partial charge in [-0.3, -0.25) is 0 Å². The second-order valence-corrected chi connectivity index (χ2v) is 8.48. The minimum Gasteiger partial charge on any atom is -0.493 e. The van der Waals surface area contributed by atoms with Gasteiger partial charge < -0.3 is 25.4 Å². The van der Waals surface area contributed by atoms with Crippen molar-refractivity contribution in [3.63, 3.8) is 0 Å². The van der Waals surface area contributed by atoms with Crippen molar-refractivity contribution in [1.29, 1.82) is 0 Å². The van der Waals surface area contributed by atoms with Crippen molar-refractivity contribution >= 4 is 17.5 Å². The fourth-order valence-electron chi connectivity index (χ4n) is 3.51. The zero-order valence-corrected chi connectivity index (χ0v) is 18.0. The molecule has 7 nitrogen and oxygen atoms in total. The van der Waals surface area contributed by atoms with Gasteiger partial charge in [0.2, 0.25) is 5.95 Å². The zero-order valence-electron chi connectivity index (χ0n) is 18.0. The van der Waals surface area contributed by atoms with E-state index < -0.39 is 0 Å². The Labute approximate surface area is 173 Å². The van der Waals surface area contributed by atoms with Crippen LogP contribution in [0.1, 0.15) is 45.6 Å². The number of nitrogens with one attached hydrogen (secondary N) is 1. The Kier molecular flexibility index (Phi) is 6.79. The summed E-state index contributed by atoms with van der Waals surface area (Å²) >= 11 is 0. The predicted molar refractivity (Wildman–Crippen MR) is 117 cm³/mol. The number of hydrogen-bond acceptors (Lipinski definition) is 7. The lowest BCUT2D eigenvalue weighted by molar-refractivity contribution is 0.254. The molecule has 0 amide bonds. The first-order valence-corrected chi connectivity index (χ1v) is 10.3. The molecule has 2 aromatic rings. The lowest BCUT2D eigenvalue weighted by atomic mass is 9.88. The zero-order chi connectivity index (χ0) is 20.9. The average Bonchev–Trinajstić information content (AvgIpc) is 3.18. The largest absolute Gasteiger partial charge is 0.493 e. The highest BCUT2D eigenvalue weighted by Crippen LogP contribution is 2.32. The van der Waals surface area contributed by atoms with Crippen molar-refractivity contribution in [1.82, 2.24) is 14.9 Å². The second kappa shape index (κ2) is 9.31. The third-order valence-corrected chi connectivity index (χ3v) is 5.12. The molecule has 7 heteroatoms. The summed E-state index contributed by atoms with van der Waals surface area (Å²) in [6.07, 6.45) is 5.40. The Hall–Kier alpha value is -2.54. The molecule has 0 spiro atoms. The number of rotatable bonds is 8. The topological polar surface area (TPSA) is 85.5 Å². The Morgan fingerprint density at radius 2 is 1.93 bits per heavy atom. The average molecular weight is 400 g/mol. The van der Waals surface area contributed by atoms with Gasteiger partial charge in [0, 0.05) is 30.1 Å². The van der Waals surface area contributed by atoms with Crippen LogP contribution in [-0.2, 0) is 5.41 Å². The summed E-state index contributed by atoms with van der Waals surface area (Å²) < 4.78 is 11.4. The highest BCUT2D eigenvalue weighted by Gasteiger charge is 2.19. The van der Waals surface area contributed by atoms with Crippen molar-refractivity contribution in [2.45, 2.75) is 45.4 Å². The number of nitrogen functional groups attached to an aromatic ring is 1. The second-order valence-electron chi connectivity index (χ2n) is 8.48. The summed E-state index contributed by atoms with van der Waals surface area (Å²) in [5.41, 5.74) is 7.78. The molecule has 158 valence electrons. The van der Waals surface area contributed by atoms with Crippen LogP contribution < -0.4 is 20.5 Å². The summed E-state index contributed by atoms with van der Waals surface area (Å²) in [5.74, 6) is 2.36. The number of nitrogens with zero attached hydrogens (tertiary/aromatic N) is 3. The Morgan fingerprint density at radius 1 is 1.17 bits per heavy atom. The van der Waals surface area contributed by atoms with E-state index in [1.165, 1.54) is 25.9 Å². The van der Waals surface area contributed by atoms with Crippen LogP contribution in [0.3, 0.4) is 0 Å². The molecule has 0 atom stereocenters. The Balaban J connectivity index is 1.64. The van der Waals surface area contributed by atoms with Crippen LogP contribution in [-0.4, -0.2) is 48.2 Å². The lowest BCUT2D eigenvalue weighted by Crippen LogP contribution is -2.21. The van der Waals surface area contributed by atoms with Gasteiger partial charge in [-0.15, -0.1) is 0 Å². The Morgan fingerprint density at radius 3 is 2.59 bits per heavy atom. The summed E-state index contributed by atoms with van der Waals surface area (Å²) in [4.78, 5) is 11.3. The standard InChI is InChI=1S/C22H33N5O2/c1-22(2,3)17-15-24-21(26-20(17)23)25-16-8-9-18(28-4)19(14-16)29-13-7-12-27-10-5-6-11-27/h8-9,14-15H,5-7,10-13H2,1-4H3,(H3,23,24,25,26). The van der Waals surface area contributed by atoms with E-state index in [1.54, 1.807) is 13.3 Å². The first-order chi connectivity index (χ1) is 13.9. The number of hydrogen-bond donors (Lipinski definition) is 2. The molecule has 1 aliphatic heterocycles. The molecule has 1 fully saturated rings. The predicted octanol–water partition coefficient (Wildman–Crippen LogP) is 3.97. The van der Waals surface area contributed by atoms with E-state index >= 15 is 0 Å². The van der Waals surface area contributed by atoms with Gasteiger partial charge in [0.25, 0.3) is 0 Å². The van der Waals surface area contributed by atoms with Crippen LogP contribution in [0.25, 0.3) is 0 Å². The number of benzene rings is 1. The quantitative estimate of drug-likeness (QED) is 0.650. The number of nitrogens with two attached hydrogens (primary N) is 1. The van der Waals surface area contributed by atoms with Crippen LogP contribution in [0.15, 0.2) is 24.4 Å². The summed E-state index contributed by atoms with van der Waals surface area (Å²) in [6.45, 7) is 10.4. The van der Waals surface area contributed by atoms with Gasteiger partial charge in [0.15, 0.2) is 11.5 Å². The van der Waals surface area contributed by atoms with Crippen molar-refractivity contribution in [3.8, 4) is 11.5 Å². The summed E-state index contributed by atoms with van der Waals surface area (Å²) in [6, 6.07) is 5.70. The molecule has 1 saturated heterocycles. The SMILES string of the molecule is COc1ccc(Nc2ncc(C(C)(C)C)c(N)n2)cc1OCCCN1CCCC1. The molecule has 0 unspecified atom stereocenters. The molecule has 2 heterocycles. The number of anilines is 3. The molecule has 0 saturated carbocycles. The van der Waals surface area contributed by atoms with Gasteiger partial charge in [-0.1, -0.05) is 20.8 Å². The van der Waals surface area contributed by atoms with Crippen LogP contribution in [0.4, 0.5) is 17.5 Å². The highest BCUT2D eigenvalue weighted by atomic mass is 16.5. The fraction of sp³-hybridized carbons (Fsp3) is 0.545. The molecular formula is C22H33N5O2. The van der Waals surface area contributed by atoms with Gasteiger partial charge in [-0.2, -0.15) is 4.98 Å². The van der Waals surface area contributed by atoms with Gasteiger partial charge in [-0.25, -0.2) is 4.98 Å². The minimum absolute atomic E-state index is 0.0984. The van der Waals surface area contributed by atoms with Crippen molar-refractivity contribution in [3.05, 3.63) is 30.0 Å². The van der Waals surface area contributed by atoms with E-state index in [9.17, 15) is 0 Å². The first kappa shape index (κ1) is 21.2. The van der Waals surface area contributed by atoms with Gasteiger partial charge >= 0.3 is 0 Å². The van der Waals surface area contributed by atoms with Gasteiger partial charge in [-0.05, 0) is 49.9 Å². The van der Waals surface area contributed by atoms with Crippen LogP contribution in [0.5, 0.6) is 11.5 Å². The normalized spacial score (nSPS) is 14.8. The maximum Gasteiger partial charge on any atom is 0.229 e.